The Morgan fingerprint density at radius 2 is 1.60 bits per heavy atom. The molecule has 2 atom stereocenters. The van der Waals surface area contributed by atoms with Crippen molar-refractivity contribution in [3.05, 3.63) is 103 Å². The van der Waals surface area contributed by atoms with E-state index in [1.165, 1.54) is 24.3 Å². The van der Waals surface area contributed by atoms with Crippen LogP contribution in [0.5, 0.6) is 5.75 Å². The van der Waals surface area contributed by atoms with Crippen molar-refractivity contribution in [2.45, 2.75) is 31.8 Å². The maximum atomic E-state index is 15.0. The fraction of sp³-hybridized carbons (Fsp3) is 0.267. The molecular formula is C30H29F3O2. The van der Waals surface area contributed by atoms with Crippen LogP contribution >= 0.6 is 0 Å². The number of allylic oxidation sites excluding steroid dienone is 1. The van der Waals surface area contributed by atoms with E-state index in [4.69, 9.17) is 9.47 Å². The van der Waals surface area contributed by atoms with Crippen LogP contribution in [0.1, 0.15) is 37.4 Å². The molecule has 2 unspecified atom stereocenters. The normalized spacial score (nSPS) is 17.7. The van der Waals surface area contributed by atoms with Gasteiger partial charge >= 0.3 is 0 Å². The third-order valence-electron chi connectivity index (χ3n) is 6.43. The van der Waals surface area contributed by atoms with E-state index >= 15 is 0 Å². The molecule has 0 amide bonds. The lowest BCUT2D eigenvalue weighted by molar-refractivity contribution is -0.0207. The Morgan fingerprint density at radius 3 is 2.26 bits per heavy atom. The first kappa shape index (κ1) is 24.8. The van der Waals surface area contributed by atoms with E-state index in [0.717, 1.165) is 31.2 Å². The molecule has 4 rings (SSSR count). The number of hydrogen-bond acceptors (Lipinski definition) is 2. The smallest absolute Gasteiger partial charge is 0.201 e. The lowest BCUT2D eigenvalue weighted by Crippen LogP contribution is -2.21. The SMILES string of the molecule is C=CCCC1CCC(c2ccc(-c3ccc(-c4ccc(OCC=C)c(F)c4F)cc3)cc2F)OC1. The molecule has 1 aliphatic rings. The van der Waals surface area contributed by atoms with E-state index in [2.05, 4.69) is 13.2 Å². The van der Waals surface area contributed by atoms with Gasteiger partial charge in [0.15, 0.2) is 11.6 Å². The number of halogens is 3. The fourth-order valence-electron chi connectivity index (χ4n) is 4.46. The summed E-state index contributed by atoms with van der Waals surface area (Å²) in [4.78, 5) is 0. The summed E-state index contributed by atoms with van der Waals surface area (Å²) >= 11 is 0. The molecule has 1 aliphatic heterocycles. The molecule has 35 heavy (non-hydrogen) atoms. The highest BCUT2D eigenvalue weighted by atomic mass is 19.2. The monoisotopic (exact) mass is 478 g/mol. The van der Waals surface area contributed by atoms with Gasteiger partial charge in [-0.1, -0.05) is 55.1 Å². The first-order chi connectivity index (χ1) is 17.0. The van der Waals surface area contributed by atoms with Crippen LogP contribution in [0.3, 0.4) is 0 Å². The Balaban J connectivity index is 1.47. The van der Waals surface area contributed by atoms with Crippen molar-refractivity contribution in [2.24, 2.45) is 5.92 Å². The highest BCUT2D eigenvalue weighted by Gasteiger charge is 2.25. The quantitative estimate of drug-likeness (QED) is 0.287. The lowest BCUT2D eigenvalue weighted by Gasteiger charge is -2.29. The Kier molecular flexibility index (Phi) is 8.09. The topological polar surface area (TPSA) is 18.5 Å². The second-order valence-electron chi connectivity index (χ2n) is 8.78. The number of benzene rings is 3. The third kappa shape index (κ3) is 5.68. The molecule has 3 aromatic rings. The van der Waals surface area contributed by atoms with Gasteiger partial charge in [0.25, 0.3) is 0 Å². The summed E-state index contributed by atoms with van der Waals surface area (Å²) in [6, 6.07) is 14.9. The molecule has 0 aromatic heterocycles. The molecule has 5 heteroatoms. The summed E-state index contributed by atoms with van der Waals surface area (Å²) in [6.07, 6.45) is 6.98. The molecule has 0 N–H and O–H groups in total. The van der Waals surface area contributed by atoms with Crippen LogP contribution in [0.25, 0.3) is 22.3 Å². The van der Waals surface area contributed by atoms with E-state index in [1.807, 2.05) is 12.1 Å². The summed E-state index contributed by atoms with van der Waals surface area (Å²) in [5.41, 5.74) is 2.70. The molecule has 0 radical (unpaired) electrons. The summed E-state index contributed by atoms with van der Waals surface area (Å²) in [7, 11) is 0. The zero-order valence-corrected chi connectivity index (χ0v) is 19.6. The lowest BCUT2D eigenvalue weighted by atomic mass is 9.90. The van der Waals surface area contributed by atoms with E-state index < -0.39 is 11.6 Å². The minimum absolute atomic E-state index is 0.0862. The molecular weight excluding hydrogens is 449 g/mol. The summed E-state index contributed by atoms with van der Waals surface area (Å²) in [5, 5.41) is 0. The number of hydrogen-bond donors (Lipinski definition) is 0. The van der Waals surface area contributed by atoms with Gasteiger partial charge in [-0.2, -0.15) is 4.39 Å². The number of rotatable bonds is 9. The Hall–Kier alpha value is -3.31. The molecule has 1 heterocycles. The largest absolute Gasteiger partial charge is 0.486 e. The minimum Gasteiger partial charge on any atom is -0.486 e. The second kappa shape index (κ2) is 11.4. The van der Waals surface area contributed by atoms with Crippen molar-refractivity contribution in [1.29, 1.82) is 0 Å². The van der Waals surface area contributed by atoms with Crippen molar-refractivity contribution in [2.75, 3.05) is 13.2 Å². The van der Waals surface area contributed by atoms with Crippen molar-refractivity contribution >= 4 is 0 Å². The van der Waals surface area contributed by atoms with Crippen molar-refractivity contribution in [3.8, 4) is 28.0 Å². The molecule has 0 spiro atoms. The van der Waals surface area contributed by atoms with Gasteiger partial charge in [-0.25, -0.2) is 8.78 Å². The molecule has 182 valence electrons. The Morgan fingerprint density at radius 1 is 0.857 bits per heavy atom. The highest BCUT2D eigenvalue weighted by molar-refractivity contribution is 5.71. The van der Waals surface area contributed by atoms with E-state index in [9.17, 15) is 13.2 Å². The van der Waals surface area contributed by atoms with Crippen LogP contribution in [0.2, 0.25) is 0 Å². The summed E-state index contributed by atoms with van der Waals surface area (Å²) in [6.45, 7) is 7.99. The Bertz CT molecular complexity index is 1180. The van der Waals surface area contributed by atoms with Gasteiger partial charge in [-0.3, -0.25) is 0 Å². The first-order valence-electron chi connectivity index (χ1n) is 11.9. The second-order valence-corrected chi connectivity index (χ2v) is 8.78. The maximum absolute atomic E-state index is 15.0. The Labute approximate surface area is 204 Å². The molecule has 2 nitrogen and oxygen atoms in total. The molecule has 0 saturated carbocycles. The predicted molar refractivity (Wildman–Crippen MR) is 134 cm³/mol. The van der Waals surface area contributed by atoms with Crippen molar-refractivity contribution in [3.63, 3.8) is 0 Å². The van der Waals surface area contributed by atoms with Crippen LogP contribution in [0, 0.1) is 23.4 Å². The average molecular weight is 479 g/mol. The van der Waals surface area contributed by atoms with Crippen molar-refractivity contribution < 1.29 is 22.6 Å². The molecule has 0 aliphatic carbocycles. The zero-order chi connectivity index (χ0) is 24.8. The molecule has 3 aromatic carbocycles. The molecule has 1 saturated heterocycles. The van der Waals surface area contributed by atoms with Crippen molar-refractivity contribution in [1.82, 2.24) is 0 Å². The average Bonchev–Trinajstić information content (AvgIpc) is 2.89. The van der Waals surface area contributed by atoms with E-state index in [0.29, 0.717) is 29.2 Å². The van der Waals surface area contributed by atoms with Crippen LogP contribution in [-0.4, -0.2) is 13.2 Å². The van der Waals surface area contributed by atoms with Gasteiger partial charge in [-0.15, -0.1) is 6.58 Å². The van der Waals surface area contributed by atoms with Gasteiger partial charge in [0, 0.05) is 11.1 Å². The summed E-state index contributed by atoms with van der Waals surface area (Å²) < 4.78 is 55.0. The summed E-state index contributed by atoms with van der Waals surface area (Å²) in [5.74, 6) is -1.98. The van der Waals surface area contributed by atoms with Crippen LogP contribution < -0.4 is 4.74 Å². The van der Waals surface area contributed by atoms with Crippen LogP contribution in [0.4, 0.5) is 13.2 Å². The van der Waals surface area contributed by atoms with Gasteiger partial charge in [0.2, 0.25) is 5.82 Å². The van der Waals surface area contributed by atoms with E-state index in [1.54, 1.807) is 30.3 Å². The van der Waals surface area contributed by atoms with Gasteiger partial charge in [0.1, 0.15) is 12.4 Å². The number of ether oxygens (including phenoxy) is 2. The third-order valence-corrected chi connectivity index (χ3v) is 6.43. The molecule has 1 fully saturated rings. The van der Waals surface area contributed by atoms with Gasteiger partial charge in [0.05, 0.1) is 12.7 Å². The highest BCUT2D eigenvalue weighted by Crippen LogP contribution is 2.36. The fourth-order valence-corrected chi connectivity index (χ4v) is 4.46. The van der Waals surface area contributed by atoms with Gasteiger partial charge in [-0.05, 0) is 66.5 Å². The van der Waals surface area contributed by atoms with E-state index in [-0.39, 0.29) is 29.8 Å². The van der Waals surface area contributed by atoms with Crippen LogP contribution in [-0.2, 0) is 4.74 Å². The van der Waals surface area contributed by atoms with Gasteiger partial charge < -0.3 is 9.47 Å². The zero-order valence-electron chi connectivity index (χ0n) is 19.6. The molecule has 0 bridgehead atoms. The standard InChI is InChI=1S/C30H29F3O2/c1-3-5-6-20-7-15-27(35-19-20)25-13-12-23(18-26(25)31)21-8-10-22(11-9-21)24-14-16-28(34-17-4-2)30(33)29(24)32/h3-4,8-14,16,18,20,27H,1-2,5-7,15,17,19H2. The maximum Gasteiger partial charge on any atom is 0.201 e. The predicted octanol–water partition coefficient (Wildman–Crippen LogP) is 8.44. The van der Waals surface area contributed by atoms with Crippen LogP contribution in [0.15, 0.2) is 79.9 Å². The minimum atomic E-state index is -1.04. The first-order valence-corrected chi connectivity index (χ1v) is 11.9.